The molecular formula is C19H28F3N5O. The quantitative estimate of drug-likeness (QED) is 0.772. The predicted octanol–water partition coefficient (Wildman–Crippen LogP) is 1.77. The molecule has 2 aliphatic rings. The maximum absolute atomic E-state index is 12.6. The van der Waals surface area contributed by atoms with Gasteiger partial charge >= 0.3 is 6.18 Å². The number of hydrogen-bond donors (Lipinski definition) is 0. The van der Waals surface area contributed by atoms with Gasteiger partial charge in [-0.25, -0.2) is 4.98 Å². The van der Waals surface area contributed by atoms with Gasteiger partial charge in [0.15, 0.2) is 0 Å². The molecule has 0 unspecified atom stereocenters. The van der Waals surface area contributed by atoms with Gasteiger partial charge in [-0.2, -0.15) is 13.2 Å². The van der Waals surface area contributed by atoms with Gasteiger partial charge in [0, 0.05) is 64.6 Å². The standard InChI is InChI=1S/C19H28F3N5O/c1-15(2)25-9-11-27(12-10-25)18(28)14-24-5-7-26(8-6-24)17-4-3-16(13-23-17)19(20,21)22/h3-4,13,15H,5-12,14H2,1-2H3. The number of carbonyl (C=O) groups excluding carboxylic acids is 1. The van der Waals surface area contributed by atoms with E-state index in [-0.39, 0.29) is 5.91 Å². The van der Waals surface area contributed by atoms with E-state index in [2.05, 4.69) is 28.6 Å². The number of carbonyl (C=O) groups is 1. The zero-order chi connectivity index (χ0) is 20.3. The van der Waals surface area contributed by atoms with Crippen LogP contribution in [0.15, 0.2) is 18.3 Å². The Morgan fingerprint density at radius 3 is 2.18 bits per heavy atom. The Labute approximate surface area is 163 Å². The molecule has 0 saturated carbocycles. The highest BCUT2D eigenvalue weighted by Gasteiger charge is 2.31. The van der Waals surface area contributed by atoms with Crippen molar-refractivity contribution in [1.82, 2.24) is 19.7 Å². The molecule has 6 nitrogen and oxygen atoms in total. The number of amides is 1. The van der Waals surface area contributed by atoms with Gasteiger partial charge in [0.25, 0.3) is 0 Å². The number of rotatable bonds is 4. The summed E-state index contributed by atoms with van der Waals surface area (Å²) in [6.45, 7) is 10.8. The van der Waals surface area contributed by atoms with Crippen molar-refractivity contribution >= 4 is 11.7 Å². The third kappa shape index (κ3) is 5.14. The molecule has 0 atom stereocenters. The lowest BCUT2D eigenvalue weighted by atomic mass is 10.2. The van der Waals surface area contributed by atoms with Crippen LogP contribution in [-0.4, -0.2) is 90.5 Å². The molecule has 0 N–H and O–H groups in total. The van der Waals surface area contributed by atoms with Gasteiger partial charge in [0.1, 0.15) is 5.82 Å². The molecule has 156 valence electrons. The summed E-state index contributed by atoms with van der Waals surface area (Å²) in [5.41, 5.74) is -0.738. The fourth-order valence-electron chi connectivity index (χ4n) is 3.65. The van der Waals surface area contributed by atoms with E-state index in [0.717, 1.165) is 38.4 Å². The van der Waals surface area contributed by atoms with Gasteiger partial charge < -0.3 is 9.80 Å². The van der Waals surface area contributed by atoms with Crippen LogP contribution in [0.2, 0.25) is 0 Å². The number of alkyl halides is 3. The highest BCUT2D eigenvalue weighted by Crippen LogP contribution is 2.29. The summed E-state index contributed by atoms with van der Waals surface area (Å²) in [6, 6.07) is 2.98. The minimum absolute atomic E-state index is 0.157. The van der Waals surface area contributed by atoms with E-state index in [9.17, 15) is 18.0 Å². The Morgan fingerprint density at radius 1 is 1.04 bits per heavy atom. The van der Waals surface area contributed by atoms with Crippen LogP contribution in [0, 0.1) is 0 Å². The van der Waals surface area contributed by atoms with Crippen molar-refractivity contribution in [3.05, 3.63) is 23.9 Å². The number of piperazine rings is 2. The van der Waals surface area contributed by atoms with Crippen LogP contribution in [0.3, 0.4) is 0 Å². The Kier molecular flexibility index (Phi) is 6.44. The lowest BCUT2D eigenvalue weighted by molar-refractivity contribution is -0.138. The van der Waals surface area contributed by atoms with E-state index in [1.54, 1.807) is 0 Å². The Morgan fingerprint density at radius 2 is 1.68 bits per heavy atom. The maximum atomic E-state index is 12.6. The molecule has 1 aromatic rings. The zero-order valence-corrected chi connectivity index (χ0v) is 16.5. The first kappa shape index (κ1) is 20.9. The van der Waals surface area contributed by atoms with Crippen molar-refractivity contribution in [1.29, 1.82) is 0 Å². The number of anilines is 1. The Balaban J connectivity index is 1.45. The van der Waals surface area contributed by atoms with E-state index in [1.807, 2.05) is 9.80 Å². The van der Waals surface area contributed by atoms with Crippen LogP contribution < -0.4 is 4.90 Å². The summed E-state index contributed by atoms with van der Waals surface area (Å²) in [5.74, 6) is 0.702. The van der Waals surface area contributed by atoms with Crippen LogP contribution in [0.25, 0.3) is 0 Å². The summed E-state index contributed by atoms with van der Waals surface area (Å²) >= 11 is 0. The van der Waals surface area contributed by atoms with Gasteiger partial charge in [-0.15, -0.1) is 0 Å². The first-order valence-electron chi connectivity index (χ1n) is 9.76. The SMILES string of the molecule is CC(C)N1CCN(C(=O)CN2CCN(c3ccc(C(F)(F)F)cn3)CC2)CC1. The van der Waals surface area contributed by atoms with Crippen molar-refractivity contribution < 1.29 is 18.0 Å². The minimum Gasteiger partial charge on any atom is -0.354 e. The molecule has 0 bridgehead atoms. The molecule has 0 spiro atoms. The smallest absolute Gasteiger partial charge is 0.354 e. The normalized spacial score (nSPS) is 20.1. The number of nitrogens with zero attached hydrogens (tertiary/aromatic N) is 5. The predicted molar refractivity (Wildman–Crippen MR) is 101 cm³/mol. The van der Waals surface area contributed by atoms with E-state index in [0.29, 0.717) is 44.6 Å². The lowest BCUT2D eigenvalue weighted by Gasteiger charge is -2.39. The van der Waals surface area contributed by atoms with E-state index in [1.165, 1.54) is 6.07 Å². The van der Waals surface area contributed by atoms with Crippen LogP contribution in [-0.2, 0) is 11.0 Å². The largest absolute Gasteiger partial charge is 0.417 e. The van der Waals surface area contributed by atoms with Gasteiger partial charge in [-0.1, -0.05) is 0 Å². The molecule has 9 heteroatoms. The fourth-order valence-corrected chi connectivity index (χ4v) is 3.65. The second-order valence-corrected chi connectivity index (χ2v) is 7.68. The van der Waals surface area contributed by atoms with Gasteiger partial charge in [0.05, 0.1) is 12.1 Å². The van der Waals surface area contributed by atoms with Crippen LogP contribution in [0.4, 0.5) is 19.0 Å². The first-order chi connectivity index (χ1) is 13.2. The monoisotopic (exact) mass is 399 g/mol. The average Bonchev–Trinajstić information content (AvgIpc) is 2.68. The number of aromatic nitrogens is 1. The molecule has 3 heterocycles. The maximum Gasteiger partial charge on any atom is 0.417 e. The highest BCUT2D eigenvalue weighted by atomic mass is 19.4. The zero-order valence-electron chi connectivity index (χ0n) is 16.5. The third-order valence-corrected chi connectivity index (χ3v) is 5.53. The van der Waals surface area contributed by atoms with E-state index < -0.39 is 11.7 Å². The van der Waals surface area contributed by atoms with E-state index in [4.69, 9.17) is 0 Å². The van der Waals surface area contributed by atoms with Crippen LogP contribution in [0.1, 0.15) is 19.4 Å². The summed E-state index contributed by atoms with van der Waals surface area (Å²) in [5, 5.41) is 0. The topological polar surface area (TPSA) is 42.9 Å². The van der Waals surface area contributed by atoms with Crippen molar-refractivity contribution in [3.8, 4) is 0 Å². The lowest BCUT2D eigenvalue weighted by Crippen LogP contribution is -2.54. The fraction of sp³-hybridized carbons (Fsp3) is 0.684. The van der Waals surface area contributed by atoms with Crippen LogP contribution >= 0.6 is 0 Å². The molecule has 2 aliphatic heterocycles. The highest BCUT2D eigenvalue weighted by molar-refractivity contribution is 5.78. The average molecular weight is 399 g/mol. The molecule has 28 heavy (non-hydrogen) atoms. The number of hydrogen-bond acceptors (Lipinski definition) is 5. The molecule has 0 aliphatic carbocycles. The molecular weight excluding hydrogens is 371 g/mol. The van der Waals surface area contributed by atoms with Crippen molar-refractivity contribution in [3.63, 3.8) is 0 Å². The van der Waals surface area contributed by atoms with Gasteiger partial charge in [0.2, 0.25) is 5.91 Å². The summed E-state index contributed by atoms with van der Waals surface area (Å²) < 4.78 is 37.9. The first-order valence-corrected chi connectivity index (χ1v) is 9.76. The second-order valence-electron chi connectivity index (χ2n) is 7.68. The molecule has 3 rings (SSSR count). The van der Waals surface area contributed by atoms with Crippen molar-refractivity contribution in [2.75, 3.05) is 63.8 Å². The molecule has 2 fully saturated rings. The Hall–Kier alpha value is -1.87. The van der Waals surface area contributed by atoms with E-state index >= 15 is 0 Å². The molecule has 1 amide bonds. The van der Waals surface area contributed by atoms with Crippen molar-refractivity contribution in [2.45, 2.75) is 26.1 Å². The van der Waals surface area contributed by atoms with Crippen molar-refractivity contribution in [2.24, 2.45) is 0 Å². The third-order valence-electron chi connectivity index (χ3n) is 5.53. The second kappa shape index (κ2) is 8.65. The molecule has 0 radical (unpaired) electrons. The Bertz CT molecular complexity index is 649. The molecule has 1 aromatic heterocycles. The summed E-state index contributed by atoms with van der Waals surface area (Å²) in [7, 11) is 0. The number of halogens is 3. The summed E-state index contributed by atoms with van der Waals surface area (Å²) in [6.07, 6.45) is -3.49. The number of pyridine rings is 1. The molecule has 2 saturated heterocycles. The minimum atomic E-state index is -4.37. The summed E-state index contributed by atoms with van der Waals surface area (Å²) in [4.78, 5) is 24.9. The van der Waals surface area contributed by atoms with Crippen LogP contribution in [0.5, 0.6) is 0 Å². The molecule has 0 aromatic carbocycles. The van der Waals surface area contributed by atoms with Gasteiger partial charge in [-0.3, -0.25) is 14.6 Å². The van der Waals surface area contributed by atoms with Gasteiger partial charge in [-0.05, 0) is 26.0 Å².